The van der Waals surface area contributed by atoms with Crippen LogP contribution in [0, 0.1) is 0 Å². The van der Waals surface area contributed by atoms with Gasteiger partial charge in [-0.2, -0.15) is 8.78 Å². The lowest BCUT2D eigenvalue weighted by Crippen LogP contribution is -2.28. The Bertz CT molecular complexity index is 902. The molecule has 0 aliphatic carbocycles. The number of nitrogens with one attached hydrogen (secondary N) is 2. The molecule has 2 aliphatic rings. The molecule has 9 heteroatoms. The Kier molecular flexibility index (Phi) is 4.69. The van der Waals surface area contributed by atoms with E-state index in [0.29, 0.717) is 30.2 Å². The van der Waals surface area contributed by atoms with E-state index in [0.717, 1.165) is 12.8 Å². The Hall–Kier alpha value is -2.68. The van der Waals surface area contributed by atoms with E-state index in [1.165, 1.54) is 12.1 Å². The van der Waals surface area contributed by atoms with Crippen LogP contribution in [0.4, 0.5) is 14.6 Å². The van der Waals surface area contributed by atoms with Gasteiger partial charge in [-0.3, -0.25) is 19.4 Å². The molecule has 1 aromatic carbocycles. The molecule has 0 spiro atoms. The van der Waals surface area contributed by atoms with E-state index < -0.39 is 12.5 Å². The molecule has 1 saturated heterocycles. The summed E-state index contributed by atoms with van der Waals surface area (Å²) in [5, 5.41) is 5.63. The number of nitrogens with zero attached hydrogens (tertiary/aromatic N) is 1. The van der Waals surface area contributed by atoms with Crippen LogP contribution in [0.3, 0.4) is 0 Å². The molecule has 144 valence electrons. The van der Waals surface area contributed by atoms with Gasteiger partial charge in [0.2, 0.25) is 5.91 Å². The Morgan fingerprint density at radius 3 is 2.74 bits per heavy atom. The first-order valence-corrected chi connectivity index (χ1v) is 8.79. The lowest BCUT2D eigenvalue weighted by Gasteiger charge is -2.28. The van der Waals surface area contributed by atoms with Crippen LogP contribution >= 0.6 is 0 Å². The first kappa shape index (κ1) is 17.7. The summed E-state index contributed by atoms with van der Waals surface area (Å²) in [7, 11) is 0. The van der Waals surface area contributed by atoms with E-state index >= 15 is 0 Å². The minimum Gasteiger partial charge on any atom is -0.435 e. The van der Waals surface area contributed by atoms with Crippen molar-refractivity contribution in [3.8, 4) is 5.75 Å². The average molecular weight is 379 g/mol. The van der Waals surface area contributed by atoms with Crippen molar-refractivity contribution in [2.45, 2.75) is 37.8 Å². The molecule has 1 amide bonds. The first-order chi connectivity index (χ1) is 13.0. The van der Waals surface area contributed by atoms with Crippen LogP contribution < -0.4 is 15.6 Å². The standard InChI is InChI=1S/C18H19F2N3O4/c19-18(20)27-12-3-1-2-10(8-12)13-9-14(24)21-16-15(13)17(25)22-23(16)11-4-6-26-7-5-11/h1-3,8,11,13,18H,4-7,9H2,(H,21,24)(H,22,25). The molecule has 1 fully saturated rings. The number of benzene rings is 1. The maximum atomic E-state index is 12.7. The zero-order valence-electron chi connectivity index (χ0n) is 14.4. The summed E-state index contributed by atoms with van der Waals surface area (Å²) in [6.07, 6.45) is 1.52. The van der Waals surface area contributed by atoms with Gasteiger partial charge in [-0.05, 0) is 30.5 Å². The lowest BCUT2D eigenvalue weighted by atomic mass is 9.87. The summed E-state index contributed by atoms with van der Waals surface area (Å²) < 4.78 is 36.6. The Labute approximate surface area is 153 Å². The van der Waals surface area contributed by atoms with Crippen molar-refractivity contribution in [3.63, 3.8) is 0 Å². The number of hydrogen-bond donors (Lipinski definition) is 2. The van der Waals surface area contributed by atoms with Crippen LogP contribution in [0.5, 0.6) is 5.75 Å². The largest absolute Gasteiger partial charge is 0.435 e. The van der Waals surface area contributed by atoms with Gasteiger partial charge in [-0.15, -0.1) is 0 Å². The van der Waals surface area contributed by atoms with Crippen molar-refractivity contribution in [2.24, 2.45) is 0 Å². The number of rotatable bonds is 4. The third-order valence-corrected chi connectivity index (χ3v) is 5.00. The summed E-state index contributed by atoms with van der Waals surface area (Å²) in [5.41, 5.74) is 0.733. The Balaban J connectivity index is 1.74. The van der Waals surface area contributed by atoms with Crippen molar-refractivity contribution in [2.75, 3.05) is 18.5 Å². The fraction of sp³-hybridized carbons (Fsp3) is 0.444. The Morgan fingerprint density at radius 1 is 1.22 bits per heavy atom. The van der Waals surface area contributed by atoms with E-state index in [-0.39, 0.29) is 29.7 Å². The molecular weight excluding hydrogens is 360 g/mol. The first-order valence-electron chi connectivity index (χ1n) is 8.79. The maximum absolute atomic E-state index is 12.7. The number of aromatic nitrogens is 2. The molecule has 0 radical (unpaired) electrons. The molecule has 2 N–H and O–H groups in total. The third kappa shape index (κ3) is 3.46. The normalized spacial score (nSPS) is 20.4. The second-order valence-corrected chi connectivity index (χ2v) is 6.67. The van der Waals surface area contributed by atoms with E-state index in [9.17, 15) is 18.4 Å². The Morgan fingerprint density at radius 2 is 2.00 bits per heavy atom. The van der Waals surface area contributed by atoms with Crippen LogP contribution in [0.1, 0.15) is 42.3 Å². The van der Waals surface area contributed by atoms with Gasteiger partial charge in [-0.1, -0.05) is 12.1 Å². The number of amides is 1. The summed E-state index contributed by atoms with van der Waals surface area (Å²) >= 11 is 0. The quantitative estimate of drug-likeness (QED) is 0.855. The summed E-state index contributed by atoms with van der Waals surface area (Å²) in [5.74, 6) is -0.309. The summed E-state index contributed by atoms with van der Waals surface area (Å²) in [4.78, 5) is 25.0. The van der Waals surface area contributed by atoms with Crippen LogP contribution in [-0.4, -0.2) is 35.5 Å². The minimum atomic E-state index is -2.94. The number of alkyl halides is 2. The van der Waals surface area contributed by atoms with E-state index in [1.807, 2.05) is 0 Å². The van der Waals surface area contributed by atoms with Crippen LogP contribution in [-0.2, 0) is 9.53 Å². The fourth-order valence-electron chi connectivity index (χ4n) is 3.79. The van der Waals surface area contributed by atoms with Crippen molar-refractivity contribution in [1.82, 2.24) is 9.78 Å². The van der Waals surface area contributed by atoms with Gasteiger partial charge >= 0.3 is 6.61 Å². The maximum Gasteiger partial charge on any atom is 0.387 e. The second-order valence-electron chi connectivity index (χ2n) is 6.67. The summed E-state index contributed by atoms with van der Waals surface area (Å²) in [6.45, 7) is -1.77. The predicted octanol–water partition coefficient (Wildman–Crippen LogP) is 2.60. The number of carbonyl (C=O) groups excluding carboxylic acids is 1. The molecule has 4 rings (SSSR count). The molecule has 1 atom stereocenters. The number of halogens is 2. The van der Waals surface area contributed by atoms with Gasteiger partial charge in [0, 0.05) is 25.6 Å². The highest BCUT2D eigenvalue weighted by atomic mass is 19.3. The van der Waals surface area contributed by atoms with Gasteiger partial charge in [0.25, 0.3) is 5.56 Å². The fourth-order valence-corrected chi connectivity index (χ4v) is 3.79. The van der Waals surface area contributed by atoms with Gasteiger partial charge in [0.05, 0.1) is 11.6 Å². The monoisotopic (exact) mass is 379 g/mol. The van der Waals surface area contributed by atoms with Crippen molar-refractivity contribution in [1.29, 1.82) is 0 Å². The van der Waals surface area contributed by atoms with Gasteiger partial charge in [0.15, 0.2) is 0 Å². The number of fused-ring (bicyclic) bond motifs is 1. The smallest absolute Gasteiger partial charge is 0.387 e. The van der Waals surface area contributed by atoms with Crippen molar-refractivity contribution >= 4 is 11.7 Å². The van der Waals surface area contributed by atoms with E-state index in [2.05, 4.69) is 15.2 Å². The number of hydrogen-bond acceptors (Lipinski definition) is 4. The number of aromatic amines is 1. The minimum absolute atomic E-state index is 0.00433. The van der Waals surface area contributed by atoms with Crippen LogP contribution in [0.2, 0.25) is 0 Å². The zero-order chi connectivity index (χ0) is 19.0. The molecule has 0 saturated carbocycles. The van der Waals surface area contributed by atoms with E-state index in [1.54, 1.807) is 16.8 Å². The molecule has 7 nitrogen and oxygen atoms in total. The van der Waals surface area contributed by atoms with Crippen LogP contribution in [0.15, 0.2) is 29.1 Å². The SMILES string of the molecule is O=C1CC(c2cccc(OC(F)F)c2)c2c(n(C3CCOCC3)[nH]c2=O)N1. The second kappa shape index (κ2) is 7.15. The topological polar surface area (TPSA) is 85.3 Å². The van der Waals surface area contributed by atoms with Crippen molar-refractivity contribution in [3.05, 3.63) is 45.7 Å². The van der Waals surface area contributed by atoms with Gasteiger partial charge in [-0.25, -0.2) is 0 Å². The molecule has 27 heavy (non-hydrogen) atoms. The van der Waals surface area contributed by atoms with Gasteiger partial charge in [0.1, 0.15) is 11.6 Å². The molecular formula is C18H19F2N3O4. The third-order valence-electron chi connectivity index (χ3n) is 5.00. The average Bonchev–Trinajstić information content (AvgIpc) is 2.98. The van der Waals surface area contributed by atoms with E-state index in [4.69, 9.17) is 4.74 Å². The van der Waals surface area contributed by atoms with Crippen molar-refractivity contribution < 1.29 is 23.0 Å². The molecule has 1 unspecified atom stereocenters. The highest BCUT2D eigenvalue weighted by Crippen LogP contribution is 2.38. The highest BCUT2D eigenvalue weighted by Gasteiger charge is 2.34. The molecule has 1 aromatic heterocycles. The summed E-state index contributed by atoms with van der Waals surface area (Å²) in [6, 6.07) is 6.17. The zero-order valence-corrected chi connectivity index (χ0v) is 14.4. The molecule has 2 aliphatic heterocycles. The molecule has 2 aromatic rings. The van der Waals surface area contributed by atoms with Gasteiger partial charge < -0.3 is 14.8 Å². The molecule has 0 bridgehead atoms. The lowest BCUT2D eigenvalue weighted by molar-refractivity contribution is -0.116. The van der Waals surface area contributed by atoms with Crippen LogP contribution in [0.25, 0.3) is 0 Å². The number of anilines is 1. The number of H-pyrrole nitrogens is 1. The number of ether oxygens (including phenoxy) is 2. The molecule has 3 heterocycles. The number of carbonyl (C=O) groups is 1. The predicted molar refractivity (Wildman–Crippen MR) is 92.3 cm³/mol. The highest BCUT2D eigenvalue weighted by molar-refractivity contribution is 5.94.